The van der Waals surface area contributed by atoms with E-state index in [4.69, 9.17) is 5.14 Å². The normalized spacial score (nSPS) is 12.4. The van der Waals surface area contributed by atoms with Crippen molar-refractivity contribution in [2.45, 2.75) is 65.2 Å². The van der Waals surface area contributed by atoms with Gasteiger partial charge >= 0.3 is 0 Å². The molecule has 0 fully saturated rings. The fraction of sp³-hybridized carbons (Fsp3) is 0.933. The summed E-state index contributed by atoms with van der Waals surface area (Å²) in [6, 6.07) is 0. The van der Waals surface area contributed by atoms with Crippen molar-refractivity contribution in [3.63, 3.8) is 0 Å². The van der Waals surface area contributed by atoms with Crippen molar-refractivity contribution in [2.75, 3.05) is 25.4 Å². The third kappa shape index (κ3) is 15.6. The van der Waals surface area contributed by atoms with Crippen molar-refractivity contribution < 1.29 is 8.42 Å². The summed E-state index contributed by atoms with van der Waals surface area (Å²) in [4.78, 5) is 4.44. The van der Waals surface area contributed by atoms with Crippen molar-refractivity contribution in [1.29, 1.82) is 0 Å². The van der Waals surface area contributed by atoms with E-state index in [9.17, 15) is 8.42 Å². The number of aliphatic imine (C=N–C) groups is 1. The summed E-state index contributed by atoms with van der Waals surface area (Å²) in [5.41, 5.74) is 0. The summed E-state index contributed by atoms with van der Waals surface area (Å²) >= 11 is 0. The third-order valence-corrected chi connectivity index (χ3v) is 4.08. The molecule has 0 aliphatic carbocycles. The van der Waals surface area contributed by atoms with Gasteiger partial charge in [0.15, 0.2) is 5.96 Å². The van der Waals surface area contributed by atoms with Gasteiger partial charge in [0.25, 0.3) is 0 Å². The van der Waals surface area contributed by atoms with Crippen LogP contribution in [0.15, 0.2) is 4.99 Å². The minimum atomic E-state index is -3.42. The Balaban J connectivity index is 3.73. The van der Waals surface area contributed by atoms with Gasteiger partial charge in [-0.15, -0.1) is 0 Å². The van der Waals surface area contributed by atoms with E-state index in [0.29, 0.717) is 5.96 Å². The number of sulfonamides is 1. The van der Waals surface area contributed by atoms with E-state index >= 15 is 0 Å². The molecule has 0 heterocycles. The van der Waals surface area contributed by atoms with Gasteiger partial charge in [-0.1, -0.05) is 51.9 Å². The van der Waals surface area contributed by atoms with E-state index in [1.54, 1.807) is 0 Å². The van der Waals surface area contributed by atoms with Gasteiger partial charge in [-0.3, -0.25) is 4.99 Å². The number of nitrogens with zero attached hydrogens (tertiary/aromatic N) is 1. The molecule has 7 heteroatoms. The number of guanidine groups is 1. The Labute approximate surface area is 136 Å². The lowest BCUT2D eigenvalue weighted by Gasteiger charge is -2.10. The highest BCUT2D eigenvalue weighted by molar-refractivity contribution is 7.89. The van der Waals surface area contributed by atoms with E-state index in [2.05, 4.69) is 22.5 Å². The number of primary sulfonamides is 1. The molecular formula is C15H34N4O2S. The van der Waals surface area contributed by atoms with Gasteiger partial charge in [-0.05, 0) is 13.3 Å². The Kier molecular flexibility index (Phi) is 13.3. The second kappa shape index (κ2) is 13.8. The zero-order valence-electron chi connectivity index (χ0n) is 14.2. The predicted molar refractivity (Wildman–Crippen MR) is 94.6 cm³/mol. The minimum absolute atomic E-state index is 0.0881. The number of unbranched alkanes of at least 4 members (excludes halogenated alkanes) is 7. The first-order chi connectivity index (χ1) is 10.5. The maximum atomic E-state index is 10.9. The molecule has 0 aromatic rings. The zero-order valence-corrected chi connectivity index (χ0v) is 15.1. The molecule has 0 saturated heterocycles. The summed E-state index contributed by atoms with van der Waals surface area (Å²) in [6.07, 6.45) is 10.2. The van der Waals surface area contributed by atoms with Crippen molar-refractivity contribution in [2.24, 2.45) is 10.1 Å². The third-order valence-electron chi connectivity index (χ3n) is 3.30. The average Bonchev–Trinajstić information content (AvgIpc) is 2.44. The summed E-state index contributed by atoms with van der Waals surface area (Å²) in [5, 5.41) is 11.0. The second-order valence-electron chi connectivity index (χ2n) is 5.53. The van der Waals surface area contributed by atoms with E-state index in [1.165, 1.54) is 44.9 Å². The molecule has 0 amide bonds. The van der Waals surface area contributed by atoms with Crippen LogP contribution in [0.25, 0.3) is 0 Å². The molecule has 0 radical (unpaired) electrons. The van der Waals surface area contributed by atoms with Crippen LogP contribution in [0, 0.1) is 0 Å². The molecule has 0 aromatic heterocycles. The standard InChI is InChI=1S/C15H34N4O2S/c1-3-5-6-7-8-9-10-11-12-18-15(17-4-2)19-13-14-22(16,20)21/h3-14H2,1-2H3,(H2,16,20,21)(H2,17,18,19). The molecule has 0 aliphatic rings. The molecule has 0 unspecified atom stereocenters. The van der Waals surface area contributed by atoms with Crippen LogP contribution in [0.2, 0.25) is 0 Å². The molecule has 6 nitrogen and oxygen atoms in total. The van der Waals surface area contributed by atoms with Crippen molar-refractivity contribution >= 4 is 16.0 Å². The lowest BCUT2D eigenvalue weighted by molar-refractivity contribution is 0.578. The van der Waals surface area contributed by atoms with Crippen LogP contribution in [0.5, 0.6) is 0 Å². The molecule has 0 bridgehead atoms. The molecule has 0 atom stereocenters. The second-order valence-corrected chi connectivity index (χ2v) is 7.26. The topological polar surface area (TPSA) is 96.6 Å². The fourth-order valence-corrected chi connectivity index (χ4v) is 2.48. The molecule has 0 spiro atoms. The first-order valence-electron chi connectivity index (χ1n) is 8.52. The fourth-order valence-electron chi connectivity index (χ4n) is 2.09. The number of rotatable bonds is 13. The quantitative estimate of drug-likeness (QED) is 0.272. The predicted octanol–water partition coefficient (Wildman–Crippen LogP) is 1.97. The maximum Gasteiger partial charge on any atom is 0.210 e. The molecule has 22 heavy (non-hydrogen) atoms. The number of nitrogens with two attached hydrogens (primary N) is 1. The molecule has 4 N–H and O–H groups in total. The Hall–Kier alpha value is -0.820. The van der Waals surface area contributed by atoms with Crippen molar-refractivity contribution in [3.8, 4) is 0 Å². The van der Waals surface area contributed by atoms with Gasteiger partial charge in [-0.25, -0.2) is 13.6 Å². The Morgan fingerprint density at radius 3 is 2.09 bits per heavy atom. The highest BCUT2D eigenvalue weighted by atomic mass is 32.2. The van der Waals surface area contributed by atoms with E-state index in [-0.39, 0.29) is 12.3 Å². The van der Waals surface area contributed by atoms with Gasteiger partial charge in [0.2, 0.25) is 10.0 Å². The lowest BCUT2D eigenvalue weighted by Crippen LogP contribution is -2.40. The van der Waals surface area contributed by atoms with Gasteiger partial charge < -0.3 is 10.6 Å². The number of hydrogen-bond donors (Lipinski definition) is 3. The first-order valence-corrected chi connectivity index (χ1v) is 10.2. The largest absolute Gasteiger partial charge is 0.357 e. The van der Waals surface area contributed by atoms with Crippen LogP contribution >= 0.6 is 0 Å². The molecule has 0 aromatic carbocycles. The minimum Gasteiger partial charge on any atom is -0.357 e. The highest BCUT2D eigenvalue weighted by Crippen LogP contribution is 2.08. The number of hydrogen-bond acceptors (Lipinski definition) is 3. The SMILES string of the molecule is CCCCCCCCCCN=C(NCC)NCCS(N)(=O)=O. The highest BCUT2D eigenvalue weighted by Gasteiger charge is 2.03. The Morgan fingerprint density at radius 2 is 1.55 bits per heavy atom. The zero-order chi connectivity index (χ0) is 16.7. The van der Waals surface area contributed by atoms with Crippen molar-refractivity contribution in [1.82, 2.24) is 10.6 Å². The summed E-state index contributed by atoms with van der Waals surface area (Å²) in [5.74, 6) is 0.573. The van der Waals surface area contributed by atoms with Gasteiger partial charge in [0.1, 0.15) is 0 Å². The van der Waals surface area contributed by atoms with Crippen LogP contribution in [-0.2, 0) is 10.0 Å². The van der Waals surface area contributed by atoms with Crippen LogP contribution < -0.4 is 15.8 Å². The molecule has 0 aliphatic heterocycles. The smallest absolute Gasteiger partial charge is 0.210 e. The van der Waals surface area contributed by atoms with Crippen molar-refractivity contribution in [3.05, 3.63) is 0 Å². The average molecular weight is 335 g/mol. The summed E-state index contributed by atoms with van der Waals surface area (Å²) < 4.78 is 21.7. The van der Waals surface area contributed by atoms with Crippen LogP contribution in [0.1, 0.15) is 65.2 Å². The van der Waals surface area contributed by atoms with E-state index in [1.807, 2.05) is 6.92 Å². The lowest BCUT2D eigenvalue weighted by atomic mass is 10.1. The molecule has 0 saturated carbocycles. The Morgan fingerprint density at radius 1 is 0.955 bits per heavy atom. The van der Waals surface area contributed by atoms with Gasteiger partial charge in [0, 0.05) is 19.6 Å². The monoisotopic (exact) mass is 334 g/mol. The first kappa shape index (κ1) is 21.2. The Bertz CT molecular complexity index is 383. The van der Waals surface area contributed by atoms with Gasteiger partial charge in [-0.2, -0.15) is 0 Å². The summed E-state index contributed by atoms with van der Waals surface area (Å²) in [6.45, 7) is 6.00. The maximum absolute atomic E-state index is 10.9. The molecular weight excluding hydrogens is 300 g/mol. The number of nitrogens with one attached hydrogen (secondary N) is 2. The molecule has 132 valence electrons. The van der Waals surface area contributed by atoms with Gasteiger partial charge in [0.05, 0.1) is 5.75 Å². The molecule has 0 rings (SSSR count). The van der Waals surface area contributed by atoms with Crippen LogP contribution in [0.4, 0.5) is 0 Å². The van der Waals surface area contributed by atoms with E-state index < -0.39 is 10.0 Å². The van der Waals surface area contributed by atoms with Crippen LogP contribution in [-0.4, -0.2) is 39.8 Å². The van der Waals surface area contributed by atoms with Crippen LogP contribution in [0.3, 0.4) is 0 Å². The van der Waals surface area contributed by atoms with E-state index in [0.717, 1.165) is 19.5 Å². The summed E-state index contributed by atoms with van der Waals surface area (Å²) in [7, 11) is -3.42.